The Hall–Kier alpha value is -3.00. The minimum atomic E-state index is -0.0480. The fraction of sp³-hybridized carbons (Fsp3) is 0.125. The van der Waals surface area contributed by atoms with Gasteiger partial charge in [-0.3, -0.25) is 0 Å². The third-order valence-corrected chi connectivity index (χ3v) is 3.12. The molecule has 5 nitrogen and oxygen atoms in total. The average Bonchev–Trinajstić information content (AvgIpc) is 2.96. The molecular weight excluding hydrogens is 266 g/mol. The van der Waals surface area contributed by atoms with Crippen LogP contribution in [0.4, 0.5) is 0 Å². The van der Waals surface area contributed by atoms with Crippen LogP contribution in [0.3, 0.4) is 0 Å². The number of methoxy groups -OCH3 is 1. The van der Waals surface area contributed by atoms with Gasteiger partial charge in [-0.25, -0.2) is 4.98 Å². The number of para-hydroxylation sites is 3. The second kappa shape index (κ2) is 5.55. The molecule has 21 heavy (non-hydrogen) atoms. The summed E-state index contributed by atoms with van der Waals surface area (Å²) in [6.07, 6.45) is 0. The van der Waals surface area contributed by atoms with Gasteiger partial charge < -0.3 is 14.5 Å². The summed E-state index contributed by atoms with van der Waals surface area (Å²) in [5.41, 5.74) is 2.59. The predicted molar refractivity (Wildman–Crippen MR) is 79.2 cm³/mol. The molecule has 5 heteroatoms. The topological polar surface area (TPSA) is 70.9 Å². The average molecular weight is 279 g/mol. The zero-order valence-corrected chi connectivity index (χ0v) is 11.5. The van der Waals surface area contributed by atoms with Crippen LogP contribution in [0, 0.1) is 11.3 Å². The highest BCUT2D eigenvalue weighted by Crippen LogP contribution is 2.37. The number of ether oxygens (including phenoxy) is 2. The molecule has 104 valence electrons. The number of nitriles is 1. The molecule has 1 N–H and O–H groups in total. The number of aromatic amines is 1. The number of rotatable bonds is 4. The first-order valence-electron chi connectivity index (χ1n) is 6.45. The molecule has 0 saturated carbocycles. The predicted octanol–water partition coefficient (Wildman–Crippen LogP) is 3.14. The normalized spacial score (nSPS) is 10.3. The van der Waals surface area contributed by atoms with Crippen LogP contribution in [-0.2, 0) is 0 Å². The van der Waals surface area contributed by atoms with E-state index in [0.717, 1.165) is 16.6 Å². The molecule has 0 saturated heterocycles. The first-order valence-corrected chi connectivity index (χ1v) is 6.45. The van der Waals surface area contributed by atoms with Gasteiger partial charge >= 0.3 is 0 Å². The van der Waals surface area contributed by atoms with E-state index in [4.69, 9.17) is 14.7 Å². The molecule has 1 aromatic heterocycles. The minimum Gasteiger partial charge on any atom is -0.493 e. The van der Waals surface area contributed by atoms with Crippen molar-refractivity contribution in [3.63, 3.8) is 0 Å². The quantitative estimate of drug-likeness (QED) is 0.796. The molecule has 0 unspecified atom stereocenters. The zero-order valence-electron chi connectivity index (χ0n) is 11.5. The SMILES string of the molecule is COc1cccc(-c2nc3ccccc3[nH]2)c1OCC#N. The van der Waals surface area contributed by atoms with Crippen molar-refractivity contribution >= 4 is 11.0 Å². The number of nitrogens with one attached hydrogen (secondary N) is 1. The molecule has 0 spiro atoms. The molecule has 3 rings (SSSR count). The van der Waals surface area contributed by atoms with Crippen molar-refractivity contribution in [1.82, 2.24) is 9.97 Å². The molecular formula is C16H13N3O2. The highest BCUT2D eigenvalue weighted by molar-refractivity contribution is 5.81. The van der Waals surface area contributed by atoms with Gasteiger partial charge in [0.1, 0.15) is 11.9 Å². The molecule has 1 heterocycles. The van der Waals surface area contributed by atoms with E-state index in [0.29, 0.717) is 17.3 Å². The Morgan fingerprint density at radius 3 is 2.81 bits per heavy atom. The first kappa shape index (κ1) is 13.0. The van der Waals surface area contributed by atoms with E-state index in [2.05, 4.69) is 9.97 Å². The van der Waals surface area contributed by atoms with E-state index in [1.807, 2.05) is 42.5 Å². The van der Waals surface area contributed by atoms with Crippen LogP contribution in [-0.4, -0.2) is 23.7 Å². The molecule has 0 atom stereocenters. The summed E-state index contributed by atoms with van der Waals surface area (Å²) in [7, 11) is 1.57. The smallest absolute Gasteiger partial charge is 0.174 e. The van der Waals surface area contributed by atoms with E-state index in [9.17, 15) is 0 Å². The summed E-state index contributed by atoms with van der Waals surface area (Å²) in [5, 5.41) is 8.73. The van der Waals surface area contributed by atoms with Gasteiger partial charge in [0.25, 0.3) is 0 Å². The Labute approximate surface area is 121 Å². The van der Waals surface area contributed by atoms with Gasteiger partial charge in [0.05, 0.1) is 23.7 Å². The molecule has 0 amide bonds. The maximum Gasteiger partial charge on any atom is 0.174 e. The number of benzene rings is 2. The van der Waals surface area contributed by atoms with Gasteiger partial charge in [0.2, 0.25) is 0 Å². The summed E-state index contributed by atoms with van der Waals surface area (Å²) >= 11 is 0. The number of hydrogen-bond donors (Lipinski definition) is 1. The second-order valence-corrected chi connectivity index (χ2v) is 4.39. The van der Waals surface area contributed by atoms with Crippen LogP contribution in [0.1, 0.15) is 0 Å². The monoisotopic (exact) mass is 279 g/mol. The van der Waals surface area contributed by atoms with Crippen LogP contribution in [0.15, 0.2) is 42.5 Å². The van der Waals surface area contributed by atoms with Gasteiger partial charge in [0, 0.05) is 0 Å². The van der Waals surface area contributed by atoms with Crippen LogP contribution in [0.2, 0.25) is 0 Å². The first-order chi connectivity index (χ1) is 10.3. The molecule has 0 aliphatic rings. The van der Waals surface area contributed by atoms with E-state index in [1.165, 1.54) is 0 Å². The van der Waals surface area contributed by atoms with E-state index in [1.54, 1.807) is 13.2 Å². The van der Waals surface area contributed by atoms with Gasteiger partial charge in [-0.2, -0.15) is 5.26 Å². The van der Waals surface area contributed by atoms with Gasteiger partial charge in [-0.05, 0) is 24.3 Å². The Bertz CT molecular complexity index is 785. The van der Waals surface area contributed by atoms with Crippen molar-refractivity contribution in [1.29, 1.82) is 5.26 Å². The fourth-order valence-corrected chi connectivity index (χ4v) is 2.20. The lowest BCUT2D eigenvalue weighted by Gasteiger charge is -2.11. The Kier molecular flexibility index (Phi) is 3.44. The molecule has 0 aliphatic heterocycles. The Morgan fingerprint density at radius 1 is 1.19 bits per heavy atom. The van der Waals surface area contributed by atoms with Crippen molar-refractivity contribution < 1.29 is 9.47 Å². The fourth-order valence-electron chi connectivity index (χ4n) is 2.20. The van der Waals surface area contributed by atoms with Gasteiger partial charge in [0.15, 0.2) is 18.1 Å². The number of nitrogens with zero attached hydrogens (tertiary/aromatic N) is 2. The Balaban J connectivity index is 2.14. The standard InChI is InChI=1S/C16H13N3O2/c1-20-14-8-4-5-11(15(14)21-10-9-17)16-18-12-6-2-3-7-13(12)19-16/h2-8H,10H2,1H3,(H,18,19). The molecule has 0 aliphatic carbocycles. The third-order valence-electron chi connectivity index (χ3n) is 3.12. The molecule has 0 fully saturated rings. The number of imidazole rings is 1. The lowest BCUT2D eigenvalue weighted by Crippen LogP contribution is -1.99. The van der Waals surface area contributed by atoms with E-state index >= 15 is 0 Å². The largest absolute Gasteiger partial charge is 0.493 e. The summed E-state index contributed by atoms with van der Waals surface area (Å²) in [6.45, 7) is -0.0480. The van der Waals surface area contributed by atoms with Crippen molar-refractivity contribution in [2.75, 3.05) is 13.7 Å². The maximum atomic E-state index is 8.73. The second-order valence-electron chi connectivity index (χ2n) is 4.39. The highest BCUT2D eigenvalue weighted by atomic mass is 16.5. The lowest BCUT2D eigenvalue weighted by molar-refractivity contribution is 0.331. The number of fused-ring (bicyclic) bond motifs is 1. The van der Waals surface area contributed by atoms with Crippen LogP contribution >= 0.6 is 0 Å². The number of H-pyrrole nitrogens is 1. The van der Waals surface area contributed by atoms with Gasteiger partial charge in [-0.15, -0.1) is 0 Å². The van der Waals surface area contributed by atoms with E-state index in [-0.39, 0.29) is 6.61 Å². The Morgan fingerprint density at radius 2 is 2.05 bits per heavy atom. The van der Waals surface area contributed by atoms with E-state index < -0.39 is 0 Å². The summed E-state index contributed by atoms with van der Waals surface area (Å²) < 4.78 is 10.8. The van der Waals surface area contributed by atoms with Crippen molar-refractivity contribution in [3.05, 3.63) is 42.5 Å². The lowest BCUT2D eigenvalue weighted by atomic mass is 10.1. The number of hydrogen-bond acceptors (Lipinski definition) is 4. The van der Waals surface area contributed by atoms with Crippen molar-refractivity contribution in [3.8, 4) is 29.0 Å². The van der Waals surface area contributed by atoms with Crippen LogP contribution in [0.25, 0.3) is 22.4 Å². The summed E-state index contributed by atoms with van der Waals surface area (Å²) in [4.78, 5) is 7.80. The molecule has 0 radical (unpaired) electrons. The molecule has 0 bridgehead atoms. The zero-order chi connectivity index (χ0) is 14.7. The number of aromatic nitrogens is 2. The summed E-state index contributed by atoms with van der Waals surface area (Å²) in [5.74, 6) is 1.77. The molecule has 2 aromatic carbocycles. The molecule has 3 aromatic rings. The highest BCUT2D eigenvalue weighted by Gasteiger charge is 2.15. The maximum absolute atomic E-state index is 8.73. The summed E-state index contributed by atoms with van der Waals surface area (Å²) in [6, 6.07) is 15.3. The van der Waals surface area contributed by atoms with Crippen LogP contribution in [0.5, 0.6) is 11.5 Å². The van der Waals surface area contributed by atoms with Crippen molar-refractivity contribution in [2.24, 2.45) is 0 Å². The van der Waals surface area contributed by atoms with Gasteiger partial charge in [-0.1, -0.05) is 18.2 Å². The van der Waals surface area contributed by atoms with Crippen molar-refractivity contribution in [2.45, 2.75) is 0 Å². The third kappa shape index (κ3) is 2.39. The minimum absolute atomic E-state index is 0.0480. The van der Waals surface area contributed by atoms with Crippen LogP contribution < -0.4 is 9.47 Å².